The van der Waals surface area contributed by atoms with Gasteiger partial charge in [0.25, 0.3) is 15.9 Å². The molecule has 8 heteroatoms. The van der Waals surface area contributed by atoms with Gasteiger partial charge in [0.2, 0.25) is 0 Å². The molecule has 7 nitrogen and oxygen atoms in total. The molecule has 1 aliphatic heterocycles. The summed E-state index contributed by atoms with van der Waals surface area (Å²) in [4.78, 5) is 27.2. The monoisotopic (exact) mass is 484 g/mol. The highest BCUT2D eigenvalue weighted by Gasteiger charge is 2.50. The van der Waals surface area contributed by atoms with Crippen molar-refractivity contribution in [1.82, 2.24) is 4.90 Å². The van der Waals surface area contributed by atoms with Crippen LogP contribution in [0.5, 0.6) is 0 Å². The van der Waals surface area contributed by atoms with Gasteiger partial charge in [0.05, 0.1) is 10.5 Å². The van der Waals surface area contributed by atoms with Gasteiger partial charge in [0.15, 0.2) is 6.61 Å². The SMILES string of the molecule is Cc1ccc(NS(=O)(=O)c2ccc(C(=O)OCC(=O)N3CC4(C)CC3CC(C)(C)C4)cc2)cc1. The molecule has 1 aliphatic carbocycles. The maximum absolute atomic E-state index is 12.8. The Morgan fingerprint density at radius 1 is 1.03 bits per heavy atom. The number of likely N-dealkylation sites (tertiary alicyclic amines) is 1. The van der Waals surface area contributed by atoms with Crippen molar-refractivity contribution in [2.75, 3.05) is 17.9 Å². The molecule has 1 saturated heterocycles. The lowest BCUT2D eigenvalue weighted by Gasteiger charge is -2.39. The molecule has 34 heavy (non-hydrogen) atoms. The number of nitrogens with zero attached hydrogens (tertiary/aromatic N) is 1. The van der Waals surface area contributed by atoms with Crippen molar-refractivity contribution in [2.45, 2.75) is 57.9 Å². The van der Waals surface area contributed by atoms with Crippen molar-refractivity contribution < 1.29 is 22.7 Å². The van der Waals surface area contributed by atoms with E-state index in [4.69, 9.17) is 4.74 Å². The van der Waals surface area contributed by atoms with Crippen LogP contribution in [0.25, 0.3) is 0 Å². The zero-order valence-corrected chi connectivity index (χ0v) is 20.9. The number of hydrogen-bond donors (Lipinski definition) is 1. The molecule has 2 bridgehead atoms. The average Bonchev–Trinajstić information content (AvgIpc) is 3.02. The highest BCUT2D eigenvalue weighted by molar-refractivity contribution is 7.92. The Labute approximate surface area is 201 Å². The van der Waals surface area contributed by atoms with Gasteiger partial charge in [-0.1, -0.05) is 38.5 Å². The molecule has 182 valence electrons. The van der Waals surface area contributed by atoms with Crippen LogP contribution in [-0.2, 0) is 19.6 Å². The standard InChI is InChI=1S/C26H32N2O5S/c1-18-5-9-20(10-6-18)27-34(31,32)22-11-7-19(8-12-22)24(30)33-15-23(29)28-17-26(4)14-21(28)13-25(2,3)16-26/h5-12,21,27H,13-17H2,1-4H3. The zero-order valence-electron chi connectivity index (χ0n) is 20.1. The van der Waals surface area contributed by atoms with Crippen molar-refractivity contribution in [3.05, 3.63) is 59.7 Å². The average molecular weight is 485 g/mol. The number of carbonyl (C=O) groups excluding carboxylic acids is 2. The van der Waals surface area contributed by atoms with E-state index in [9.17, 15) is 18.0 Å². The summed E-state index contributed by atoms with van der Waals surface area (Å²) >= 11 is 0. The molecule has 2 aromatic rings. The Balaban J connectivity index is 1.35. The maximum Gasteiger partial charge on any atom is 0.338 e. The highest BCUT2D eigenvalue weighted by Crippen LogP contribution is 2.52. The van der Waals surface area contributed by atoms with E-state index < -0.39 is 16.0 Å². The van der Waals surface area contributed by atoms with Crippen LogP contribution in [0.15, 0.2) is 53.4 Å². The Bertz CT molecular complexity index is 1190. The molecule has 2 aromatic carbocycles. The minimum atomic E-state index is -3.79. The van der Waals surface area contributed by atoms with Crippen molar-refractivity contribution in [3.8, 4) is 0 Å². The predicted molar refractivity (Wildman–Crippen MR) is 130 cm³/mol. The molecule has 1 amide bonds. The number of anilines is 1. The molecule has 1 heterocycles. The zero-order chi connectivity index (χ0) is 24.7. The van der Waals surface area contributed by atoms with E-state index in [1.54, 1.807) is 12.1 Å². The van der Waals surface area contributed by atoms with Crippen LogP contribution in [0.2, 0.25) is 0 Å². The Morgan fingerprint density at radius 2 is 1.68 bits per heavy atom. The maximum atomic E-state index is 12.8. The molecule has 0 aromatic heterocycles. The highest BCUT2D eigenvalue weighted by atomic mass is 32.2. The normalized spacial score (nSPS) is 23.4. The molecule has 4 rings (SSSR count). The first-order chi connectivity index (χ1) is 15.9. The van der Waals surface area contributed by atoms with Crippen LogP contribution in [0.1, 0.15) is 56.0 Å². The molecular formula is C26H32N2O5S. The number of amides is 1. The van der Waals surface area contributed by atoms with Gasteiger partial charge < -0.3 is 9.64 Å². The number of esters is 1. The third-order valence-electron chi connectivity index (χ3n) is 6.77. The molecule has 2 fully saturated rings. The number of fused-ring (bicyclic) bond motifs is 2. The first-order valence-corrected chi connectivity index (χ1v) is 13.0. The fraction of sp³-hybridized carbons (Fsp3) is 0.462. The molecule has 2 atom stereocenters. The summed E-state index contributed by atoms with van der Waals surface area (Å²) in [7, 11) is -3.79. The minimum Gasteiger partial charge on any atom is -0.452 e. The first kappa shape index (κ1) is 24.3. The molecule has 1 saturated carbocycles. The third-order valence-corrected chi connectivity index (χ3v) is 8.16. The first-order valence-electron chi connectivity index (χ1n) is 11.5. The minimum absolute atomic E-state index is 0.0286. The fourth-order valence-electron chi connectivity index (χ4n) is 5.65. The van der Waals surface area contributed by atoms with Crippen LogP contribution in [0.4, 0.5) is 5.69 Å². The van der Waals surface area contributed by atoms with Gasteiger partial charge in [-0.2, -0.15) is 0 Å². The van der Waals surface area contributed by atoms with Gasteiger partial charge in [0, 0.05) is 18.3 Å². The van der Waals surface area contributed by atoms with E-state index in [1.165, 1.54) is 24.3 Å². The summed E-state index contributed by atoms with van der Waals surface area (Å²) in [5.41, 5.74) is 1.97. The molecule has 2 aliphatic rings. The summed E-state index contributed by atoms with van der Waals surface area (Å²) in [5.74, 6) is -0.834. The van der Waals surface area contributed by atoms with E-state index in [2.05, 4.69) is 25.5 Å². The van der Waals surface area contributed by atoms with Crippen molar-refractivity contribution >= 4 is 27.6 Å². The number of rotatable bonds is 6. The number of hydrogen-bond acceptors (Lipinski definition) is 5. The van der Waals surface area contributed by atoms with E-state index in [0.717, 1.165) is 24.8 Å². The molecule has 2 unspecified atom stereocenters. The van der Waals surface area contributed by atoms with E-state index >= 15 is 0 Å². The lowest BCUT2D eigenvalue weighted by molar-refractivity contribution is -0.135. The van der Waals surface area contributed by atoms with E-state index in [1.807, 2.05) is 24.0 Å². The second-order valence-electron chi connectivity index (χ2n) is 10.8. The molecule has 1 N–H and O–H groups in total. The smallest absolute Gasteiger partial charge is 0.338 e. The van der Waals surface area contributed by atoms with Crippen LogP contribution in [-0.4, -0.2) is 44.4 Å². The Hall–Kier alpha value is -2.87. The molecule has 0 radical (unpaired) electrons. The quantitative estimate of drug-likeness (QED) is 0.614. The van der Waals surface area contributed by atoms with Crippen LogP contribution >= 0.6 is 0 Å². The number of aryl methyl sites for hydroxylation is 1. The Morgan fingerprint density at radius 3 is 2.32 bits per heavy atom. The topological polar surface area (TPSA) is 92.8 Å². The van der Waals surface area contributed by atoms with Gasteiger partial charge in [-0.15, -0.1) is 0 Å². The van der Waals surface area contributed by atoms with Crippen molar-refractivity contribution in [1.29, 1.82) is 0 Å². The van der Waals surface area contributed by atoms with Gasteiger partial charge in [0.1, 0.15) is 0 Å². The number of carbonyl (C=O) groups is 2. The predicted octanol–water partition coefficient (Wildman–Crippen LogP) is 4.38. The van der Waals surface area contributed by atoms with E-state index in [-0.39, 0.29) is 39.8 Å². The molecular weight excluding hydrogens is 452 g/mol. The number of benzene rings is 2. The lowest BCUT2D eigenvalue weighted by atomic mass is 9.65. The number of ether oxygens (including phenoxy) is 1. The second-order valence-corrected chi connectivity index (χ2v) is 12.5. The lowest BCUT2D eigenvalue weighted by Crippen LogP contribution is -2.39. The summed E-state index contributed by atoms with van der Waals surface area (Å²) in [6.45, 7) is 9.00. The molecule has 0 spiro atoms. The van der Waals surface area contributed by atoms with Gasteiger partial charge in [-0.3, -0.25) is 9.52 Å². The summed E-state index contributed by atoms with van der Waals surface area (Å²) < 4.78 is 33.0. The van der Waals surface area contributed by atoms with Crippen molar-refractivity contribution in [3.63, 3.8) is 0 Å². The number of sulfonamides is 1. The third kappa shape index (κ3) is 5.27. The summed E-state index contributed by atoms with van der Waals surface area (Å²) in [5, 5.41) is 0. The van der Waals surface area contributed by atoms with Gasteiger partial charge in [-0.05, 0) is 73.4 Å². The summed E-state index contributed by atoms with van der Waals surface area (Å²) in [6.07, 6.45) is 3.02. The number of nitrogens with one attached hydrogen (secondary N) is 1. The van der Waals surface area contributed by atoms with Crippen LogP contribution in [0, 0.1) is 17.8 Å². The van der Waals surface area contributed by atoms with E-state index in [0.29, 0.717) is 12.2 Å². The van der Waals surface area contributed by atoms with Gasteiger partial charge in [-0.25, -0.2) is 13.2 Å². The van der Waals surface area contributed by atoms with Crippen LogP contribution in [0.3, 0.4) is 0 Å². The van der Waals surface area contributed by atoms with Gasteiger partial charge >= 0.3 is 5.97 Å². The summed E-state index contributed by atoms with van der Waals surface area (Å²) in [6, 6.07) is 12.7. The Kier molecular flexibility index (Phi) is 6.23. The van der Waals surface area contributed by atoms with Crippen LogP contribution < -0.4 is 4.72 Å². The second kappa shape index (κ2) is 8.73. The fourth-order valence-corrected chi connectivity index (χ4v) is 6.71. The van der Waals surface area contributed by atoms with Crippen molar-refractivity contribution in [2.24, 2.45) is 10.8 Å². The largest absolute Gasteiger partial charge is 0.452 e.